The highest BCUT2D eigenvalue weighted by Gasteiger charge is 2.35. The molecule has 7 heteroatoms. The third-order valence-corrected chi connectivity index (χ3v) is 5.22. The van der Waals surface area contributed by atoms with Crippen LogP contribution in [0.5, 0.6) is 0 Å². The van der Waals surface area contributed by atoms with E-state index in [1.54, 1.807) is 12.1 Å². The van der Waals surface area contributed by atoms with Crippen LogP contribution in [0.4, 0.5) is 5.69 Å². The van der Waals surface area contributed by atoms with Crippen LogP contribution in [0.15, 0.2) is 41.3 Å². The Morgan fingerprint density at radius 3 is 2.16 bits per heavy atom. The Morgan fingerprint density at radius 2 is 1.56 bits per heavy atom. The Kier molecular flexibility index (Phi) is 4.22. The molecule has 2 aromatic rings. The largest absolute Gasteiger partial charge is 0.382 e. The SMILES string of the molecule is CCC(C)Nc1cccc2c1C(=O)c1cccc(S(=O)(=O)O)c1C2=O. The van der Waals surface area contributed by atoms with Crippen molar-refractivity contribution in [2.45, 2.75) is 31.2 Å². The summed E-state index contributed by atoms with van der Waals surface area (Å²) in [6.45, 7) is 3.95. The average molecular weight is 359 g/mol. The molecule has 0 bridgehead atoms. The van der Waals surface area contributed by atoms with Gasteiger partial charge in [-0.3, -0.25) is 14.1 Å². The number of benzene rings is 2. The minimum Gasteiger partial charge on any atom is -0.382 e. The van der Waals surface area contributed by atoms with Gasteiger partial charge in [-0.1, -0.05) is 31.2 Å². The van der Waals surface area contributed by atoms with Crippen molar-refractivity contribution in [1.29, 1.82) is 0 Å². The molecule has 1 aliphatic rings. The summed E-state index contributed by atoms with van der Waals surface area (Å²) in [4.78, 5) is 25.3. The molecule has 0 amide bonds. The molecule has 2 aromatic carbocycles. The summed E-state index contributed by atoms with van der Waals surface area (Å²) in [6.07, 6.45) is 0.829. The molecule has 1 atom stereocenters. The Morgan fingerprint density at radius 1 is 1.00 bits per heavy atom. The number of hydrogen-bond acceptors (Lipinski definition) is 5. The van der Waals surface area contributed by atoms with Gasteiger partial charge in [0, 0.05) is 22.9 Å². The molecule has 6 nitrogen and oxygen atoms in total. The molecular formula is C18H17NO5S. The van der Waals surface area contributed by atoms with Gasteiger partial charge in [-0.05, 0) is 25.5 Å². The van der Waals surface area contributed by atoms with Crippen molar-refractivity contribution in [2.75, 3.05) is 5.32 Å². The van der Waals surface area contributed by atoms with Crippen molar-refractivity contribution in [3.05, 3.63) is 58.7 Å². The highest BCUT2D eigenvalue weighted by Crippen LogP contribution is 2.35. The van der Waals surface area contributed by atoms with Gasteiger partial charge in [0.25, 0.3) is 10.1 Å². The van der Waals surface area contributed by atoms with E-state index >= 15 is 0 Å². The van der Waals surface area contributed by atoms with Gasteiger partial charge < -0.3 is 5.32 Å². The normalized spacial score (nSPS) is 14.7. The van der Waals surface area contributed by atoms with E-state index in [1.807, 2.05) is 13.8 Å². The maximum absolute atomic E-state index is 13.0. The molecule has 0 aromatic heterocycles. The van der Waals surface area contributed by atoms with Gasteiger partial charge in [-0.2, -0.15) is 8.42 Å². The molecule has 0 heterocycles. The second kappa shape index (κ2) is 6.09. The van der Waals surface area contributed by atoms with Crippen molar-refractivity contribution in [2.24, 2.45) is 0 Å². The van der Waals surface area contributed by atoms with E-state index in [-0.39, 0.29) is 28.3 Å². The Bertz CT molecular complexity index is 995. The lowest BCUT2D eigenvalue weighted by molar-refractivity contribution is 0.0977. The molecule has 0 spiro atoms. The monoisotopic (exact) mass is 359 g/mol. The number of anilines is 1. The summed E-state index contributed by atoms with van der Waals surface area (Å²) in [7, 11) is -4.62. The second-order valence-corrected chi connectivity index (χ2v) is 7.38. The third-order valence-electron chi connectivity index (χ3n) is 4.33. The lowest BCUT2D eigenvalue weighted by Crippen LogP contribution is -2.26. The fourth-order valence-corrected chi connectivity index (χ4v) is 3.62. The number of rotatable bonds is 4. The molecule has 130 valence electrons. The van der Waals surface area contributed by atoms with E-state index in [4.69, 9.17) is 0 Å². The molecule has 0 saturated carbocycles. The molecule has 2 N–H and O–H groups in total. The van der Waals surface area contributed by atoms with Crippen LogP contribution < -0.4 is 5.32 Å². The van der Waals surface area contributed by atoms with Crippen molar-refractivity contribution < 1.29 is 22.6 Å². The lowest BCUT2D eigenvalue weighted by atomic mass is 9.83. The number of carbonyl (C=O) groups is 2. The van der Waals surface area contributed by atoms with Gasteiger partial charge in [-0.25, -0.2) is 0 Å². The van der Waals surface area contributed by atoms with E-state index < -0.39 is 26.6 Å². The zero-order valence-electron chi connectivity index (χ0n) is 13.7. The van der Waals surface area contributed by atoms with E-state index in [9.17, 15) is 22.6 Å². The van der Waals surface area contributed by atoms with Gasteiger partial charge in [0.1, 0.15) is 4.90 Å². The van der Waals surface area contributed by atoms with Gasteiger partial charge in [0.2, 0.25) is 0 Å². The molecular weight excluding hydrogens is 342 g/mol. The smallest absolute Gasteiger partial charge is 0.295 e. The van der Waals surface area contributed by atoms with Crippen LogP contribution in [-0.2, 0) is 10.1 Å². The van der Waals surface area contributed by atoms with Crippen LogP contribution in [0, 0.1) is 0 Å². The molecule has 1 unspecified atom stereocenters. The van der Waals surface area contributed by atoms with Crippen LogP contribution in [0.2, 0.25) is 0 Å². The first-order chi connectivity index (χ1) is 11.8. The Labute approximate surface area is 145 Å². The zero-order valence-corrected chi connectivity index (χ0v) is 14.6. The van der Waals surface area contributed by atoms with Crippen LogP contribution in [-0.4, -0.2) is 30.6 Å². The molecule has 0 radical (unpaired) electrons. The molecule has 3 rings (SSSR count). The van der Waals surface area contributed by atoms with E-state index in [1.165, 1.54) is 18.2 Å². The Hall–Kier alpha value is -2.51. The van der Waals surface area contributed by atoms with E-state index in [2.05, 4.69) is 5.32 Å². The highest BCUT2D eigenvalue weighted by molar-refractivity contribution is 7.86. The summed E-state index contributed by atoms with van der Waals surface area (Å²) < 4.78 is 32.6. The predicted octanol–water partition coefficient (Wildman–Crippen LogP) is 2.92. The fourth-order valence-electron chi connectivity index (χ4n) is 2.91. The standard InChI is InChI=1S/C18H17NO5S/c1-3-10(2)19-13-8-4-6-11-15(13)17(20)12-7-5-9-14(25(22,23)24)16(12)18(11)21/h4-10,19H,3H2,1-2H3,(H,22,23,24). The first kappa shape index (κ1) is 17.3. The van der Waals surface area contributed by atoms with Crippen molar-refractivity contribution in [1.82, 2.24) is 0 Å². The maximum atomic E-state index is 13.0. The van der Waals surface area contributed by atoms with Crippen LogP contribution in [0.3, 0.4) is 0 Å². The summed E-state index contributed by atoms with van der Waals surface area (Å²) in [5.74, 6) is -1.04. The number of carbonyl (C=O) groups excluding carboxylic acids is 2. The highest BCUT2D eigenvalue weighted by atomic mass is 32.2. The average Bonchev–Trinajstić information content (AvgIpc) is 2.58. The fraction of sp³-hybridized carbons (Fsp3) is 0.222. The van der Waals surface area contributed by atoms with Gasteiger partial charge in [0.15, 0.2) is 11.6 Å². The first-order valence-electron chi connectivity index (χ1n) is 7.85. The minimum atomic E-state index is -4.62. The number of nitrogens with one attached hydrogen (secondary N) is 1. The summed E-state index contributed by atoms with van der Waals surface area (Å²) in [5, 5.41) is 3.21. The van der Waals surface area contributed by atoms with Gasteiger partial charge >= 0.3 is 0 Å². The minimum absolute atomic E-state index is 0.0222. The topological polar surface area (TPSA) is 101 Å². The van der Waals surface area contributed by atoms with Crippen LogP contribution in [0.25, 0.3) is 0 Å². The lowest BCUT2D eigenvalue weighted by Gasteiger charge is -2.23. The summed E-state index contributed by atoms with van der Waals surface area (Å²) in [6, 6.07) is 8.78. The number of ketones is 2. The molecule has 0 aliphatic heterocycles. The van der Waals surface area contributed by atoms with Crippen LogP contribution >= 0.6 is 0 Å². The van der Waals surface area contributed by atoms with Crippen molar-refractivity contribution in [3.8, 4) is 0 Å². The van der Waals surface area contributed by atoms with Crippen molar-refractivity contribution in [3.63, 3.8) is 0 Å². The Balaban J connectivity index is 2.25. The quantitative estimate of drug-likeness (QED) is 0.695. The van der Waals surface area contributed by atoms with E-state index in [0.29, 0.717) is 5.69 Å². The summed E-state index contributed by atoms with van der Waals surface area (Å²) in [5.41, 5.74) is 0.594. The maximum Gasteiger partial charge on any atom is 0.295 e. The number of fused-ring (bicyclic) bond motifs is 2. The third kappa shape index (κ3) is 2.85. The molecule has 0 saturated heterocycles. The van der Waals surface area contributed by atoms with Gasteiger partial charge in [-0.15, -0.1) is 0 Å². The van der Waals surface area contributed by atoms with E-state index in [0.717, 1.165) is 12.5 Å². The molecule has 1 aliphatic carbocycles. The molecule has 25 heavy (non-hydrogen) atoms. The molecule has 0 fully saturated rings. The second-order valence-electron chi connectivity index (χ2n) is 5.99. The zero-order chi connectivity index (χ0) is 18.4. The van der Waals surface area contributed by atoms with Crippen molar-refractivity contribution >= 4 is 27.4 Å². The summed E-state index contributed by atoms with van der Waals surface area (Å²) >= 11 is 0. The predicted molar refractivity (Wildman–Crippen MR) is 92.9 cm³/mol. The van der Waals surface area contributed by atoms with Crippen LogP contribution in [0.1, 0.15) is 52.1 Å². The number of hydrogen-bond donors (Lipinski definition) is 2. The van der Waals surface area contributed by atoms with Gasteiger partial charge in [0.05, 0.1) is 11.1 Å². The first-order valence-corrected chi connectivity index (χ1v) is 9.29.